The zero-order chi connectivity index (χ0) is 5.98. The first-order valence-electron chi connectivity index (χ1n) is 3.19. The first-order chi connectivity index (χ1) is 3.83. The van der Waals surface area contributed by atoms with Gasteiger partial charge in [0.25, 0.3) is 0 Å². The summed E-state index contributed by atoms with van der Waals surface area (Å²) in [5, 5.41) is 8.63. The molecule has 1 unspecified atom stereocenters. The molecule has 0 aromatic heterocycles. The maximum Gasteiger partial charge on any atom is 0.0459 e. The Morgan fingerprint density at radius 3 is 2.50 bits per heavy atom. The number of hydrogen-bond donors (Lipinski definition) is 2. The van der Waals surface area contributed by atoms with E-state index < -0.39 is 0 Å². The van der Waals surface area contributed by atoms with Crippen LogP contribution in [0.2, 0.25) is 0 Å². The number of aliphatic hydroxyl groups excluding tert-OH is 1. The van der Waals surface area contributed by atoms with Crippen LogP contribution in [0.1, 0.15) is 19.3 Å². The summed E-state index contributed by atoms with van der Waals surface area (Å²) in [5.41, 5.74) is 5.59. The van der Waals surface area contributed by atoms with Gasteiger partial charge in [0, 0.05) is 12.6 Å². The van der Waals surface area contributed by atoms with Crippen LogP contribution in [0.25, 0.3) is 0 Å². The molecule has 0 spiro atoms. The quantitative estimate of drug-likeness (QED) is 0.509. The summed E-state index contributed by atoms with van der Waals surface area (Å²) in [6.07, 6.45) is 3.25. The number of nitrogens with two attached hydrogens (primary N) is 1. The van der Waals surface area contributed by atoms with Gasteiger partial charge in [-0.15, -0.1) is 0 Å². The largest absolute Gasteiger partial charge is 0.396 e. The highest BCUT2D eigenvalue weighted by molar-refractivity contribution is 4.76. The van der Waals surface area contributed by atoms with Crippen molar-refractivity contribution in [2.75, 3.05) is 6.61 Å². The standard InChI is InChI=1S/C6H13NO/c7-6-2-1-5(3-6)4-8/h5-6,8H,1-4,7H2/t5-,6?/m0/s1. The molecule has 1 aliphatic rings. The number of aliphatic hydroxyl groups is 1. The van der Waals surface area contributed by atoms with Crippen LogP contribution in [0, 0.1) is 5.92 Å². The molecule has 0 amide bonds. The van der Waals surface area contributed by atoms with E-state index in [4.69, 9.17) is 10.8 Å². The average Bonchev–Trinajstić information content (AvgIpc) is 2.14. The molecule has 1 rings (SSSR count). The van der Waals surface area contributed by atoms with Gasteiger partial charge in [0.05, 0.1) is 0 Å². The molecular weight excluding hydrogens is 102 g/mol. The summed E-state index contributed by atoms with van der Waals surface area (Å²) < 4.78 is 0. The van der Waals surface area contributed by atoms with Crippen molar-refractivity contribution in [1.82, 2.24) is 0 Å². The van der Waals surface area contributed by atoms with E-state index in [0.29, 0.717) is 18.6 Å². The first-order valence-corrected chi connectivity index (χ1v) is 3.19. The smallest absolute Gasteiger partial charge is 0.0459 e. The van der Waals surface area contributed by atoms with Crippen molar-refractivity contribution in [1.29, 1.82) is 0 Å². The van der Waals surface area contributed by atoms with Gasteiger partial charge < -0.3 is 10.8 Å². The van der Waals surface area contributed by atoms with Crippen LogP contribution in [0.5, 0.6) is 0 Å². The van der Waals surface area contributed by atoms with E-state index in [0.717, 1.165) is 19.3 Å². The maximum absolute atomic E-state index is 8.63. The Morgan fingerprint density at radius 1 is 1.50 bits per heavy atom. The lowest BCUT2D eigenvalue weighted by Crippen LogP contribution is -2.15. The van der Waals surface area contributed by atoms with Crippen LogP contribution >= 0.6 is 0 Å². The van der Waals surface area contributed by atoms with E-state index in [-0.39, 0.29) is 0 Å². The summed E-state index contributed by atoms with van der Waals surface area (Å²) in [7, 11) is 0. The molecule has 1 saturated carbocycles. The predicted octanol–water partition coefficient (Wildman–Crippen LogP) is 0.106. The minimum absolute atomic E-state index is 0.327. The minimum Gasteiger partial charge on any atom is -0.396 e. The van der Waals surface area contributed by atoms with Gasteiger partial charge in [0.15, 0.2) is 0 Å². The summed E-state index contributed by atoms with van der Waals surface area (Å²) in [5.74, 6) is 0.505. The van der Waals surface area contributed by atoms with Crippen LogP contribution in [0.3, 0.4) is 0 Å². The fourth-order valence-corrected chi connectivity index (χ4v) is 1.28. The second-order valence-electron chi connectivity index (χ2n) is 2.62. The highest BCUT2D eigenvalue weighted by Crippen LogP contribution is 2.22. The van der Waals surface area contributed by atoms with Crippen molar-refractivity contribution in [3.8, 4) is 0 Å². The van der Waals surface area contributed by atoms with E-state index in [1.165, 1.54) is 0 Å². The third-order valence-electron chi connectivity index (χ3n) is 1.84. The Morgan fingerprint density at radius 2 is 2.25 bits per heavy atom. The predicted molar refractivity (Wildman–Crippen MR) is 32.4 cm³/mol. The van der Waals surface area contributed by atoms with Crippen molar-refractivity contribution in [2.24, 2.45) is 11.7 Å². The molecule has 48 valence electrons. The number of rotatable bonds is 1. The van der Waals surface area contributed by atoms with Crippen LogP contribution in [-0.2, 0) is 0 Å². The van der Waals surface area contributed by atoms with E-state index in [1.807, 2.05) is 0 Å². The van der Waals surface area contributed by atoms with Gasteiger partial charge in [0.1, 0.15) is 0 Å². The fourth-order valence-electron chi connectivity index (χ4n) is 1.28. The molecule has 0 heterocycles. The van der Waals surface area contributed by atoms with Crippen molar-refractivity contribution in [3.05, 3.63) is 0 Å². The minimum atomic E-state index is 0.327. The van der Waals surface area contributed by atoms with Crippen LogP contribution in [-0.4, -0.2) is 17.8 Å². The van der Waals surface area contributed by atoms with Gasteiger partial charge in [-0.1, -0.05) is 0 Å². The molecule has 2 heteroatoms. The lowest BCUT2D eigenvalue weighted by molar-refractivity contribution is 0.229. The summed E-state index contributed by atoms with van der Waals surface area (Å²) in [6.45, 7) is 0.327. The Hall–Kier alpha value is -0.0800. The van der Waals surface area contributed by atoms with Gasteiger partial charge in [-0.25, -0.2) is 0 Å². The molecule has 0 bridgehead atoms. The summed E-state index contributed by atoms with van der Waals surface area (Å²) >= 11 is 0. The van der Waals surface area contributed by atoms with Gasteiger partial charge in [-0.3, -0.25) is 0 Å². The molecule has 3 N–H and O–H groups in total. The van der Waals surface area contributed by atoms with Crippen molar-refractivity contribution >= 4 is 0 Å². The van der Waals surface area contributed by atoms with Crippen molar-refractivity contribution < 1.29 is 5.11 Å². The molecule has 0 aromatic carbocycles. The van der Waals surface area contributed by atoms with E-state index >= 15 is 0 Å². The monoisotopic (exact) mass is 115 g/mol. The third-order valence-corrected chi connectivity index (χ3v) is 1.84. The van der Waals surface area contributed by atoms with Crippen LogP contribution in [0.4, 0.5) is 0 Å². The maximum atomic E-state index is 8.63. The Bertz CT molecular complexity index is 74.9. The Balaban J connectivity index is 2.22. The highest BCUT2D eigenvalue weighted by Gasteiger charge is 2.19. The summed E-state index contributed by atoms with van der Waals surface area (Å²) in [6, 6.07) is 0.368. The Labute approximate surface area is 49.7 Å². The van der Waals surface area contributed by atoms with Crippen LogP contribution < -0.4 is 5.73 Å². The van der Waals surface area contributed by atoms with Crippen molar-refractivity contribution in [2.45, 2.75) is 25.3 Å². The fraction of sp³-hybridized carbons (Fsp3) is 1.00. The molecular formula is C6H13NO. The lowest BCUT2D eigenvalue weighted by Gasteiger charge is -2.01. The zero-order valence-corrected chi connectivity index (χ0v) is 5.01. The molecule has 0 radical (unpaired) electrons. The second-order valence-corrected chi connectivity index (χ2v) is 2.62. The van der Waals surface area contributed by atoms with Crippen molar-refractivity contribution in [3.63, 3.8) is 0 Å². The van der Waals surface area contributed by atoms with E-state index in [9.17, 15) is 0 Å². The SMILES string of the molecule is NC1CC[C@H](CO)C1. The third kappa shape index (κ3) is 1.20. The Kier molecular flexibility index (Phi) is 1.86. The molecule has 0 aromatic rings. The summed E-state index contributed by atoms with van der Waals surface area (Å²) in [4.78, 5) is 0. The average molecular weight is 115 g/mol. The first kappa shape index (κ1) is 6.05. The van der Waals surface area contributed by atoms with Gasteiger partial charge in [-0.05, 0) is 25.2 Å². The molecule has 1 fully saturated rings. The number of hydrogen-bond acceptors (Lipinski definition) is 2. The van der Waals surface area contributed by atoms with Gasteiger partial charge >= 0.3 is 0 Å². The second kappa shape index (κ2) is 2.46. The zero-order valence-electron chi connectivity index (χ0n) is 5.01. The molecule has 0 saturated heterocycles. The molecule has 2 atom stereocenters. The van der Waals surface area contributed by atoms with E-state index in [2.05, 4.69) is 0 Å². The van der Waals surface area contributed by atoms with E-state index in [1.54, 1.807) is 0 Å². The molecule has 2 nitrogen and oxygen atoms in total. The molecule has 0 aliphatic heterocycles. The highest BCUT2D eigenvalue weighted by atomic mass is 16.3. The topological polar surface area (TPSA) is 46.2 Å². The molecule has 1 aliphatic carbocycles. The molecule has 8 heavy (non-hydrogen) atoms. The van der Waals surface area contributed by atoms with Gasteiger partial charge in [-0.2, -0.15) is 0 Å². The lowest BCUT2D eigenvalue weighted by atomic mass is 10.1. The normalized spacial score (nSPS) is 38.2. The van der Waals surface area contributed by atoms with Crippen LogP contribution in [0.15, 0.2) is 0 Å². The van der Waals surface area contributed by atoms with Gasteiger partial charge in [0.2, 0.25) is 0 Å².